The lowest BCUT2D eigenvalue weighted by Gasteiger charge is -2.41. The van der Waals surface area contributed by atoms with Crippen molar-refractivity contribution in [2.24, 2.45) is 27.1 Å². The summed E-state index contributed by atoms with van der Waals surface area (Å²) < 4.78 is 33.3. The molecule has 0 atom stereocenters. The van der Waals surface area contributed by atoms with Gasteiger partial charge >= 0.3 is 23.9 Å². The molecule has 2 heterocycles. The smallest absolute Gasteiger partial charge is 0.324 e. The van der Waals surface area contributed by atoms with E-state index < -0.39 is 57.6 Å². The summed E-state index contributed by atoms with van der Waals surface area (Å²) in [4.78, 5) is 50.7. The van der Waals surface area contributed by atoms with E-state index >= 15 is 0 Å². The van der Waals surface area contributed by atoms with Crippen molar-refractivity contribution >= 4 is 23.9 Å². The van der Waals surface area contributed by atoms with E-state index in [2.05, 4.69) is 26.0 Å². The Balaban J connectivity index is 0.000000218. The normalized spacial score (nSPS) is 29.7. The zero-order chi connectivity index (χ0) is 39.4. The topological polar surface area (TPSA) is 124 Å². The minimum atomic E-state index is -1.00. The van der Waals surface area contributed by atoms with Crippen LogP contribution in [0.25, 0.3) is 0 Å². The molecule has 54 heavy (non-hydrogen) atoms. The molecule has 4 fully saturated rings. The summed E-state index contributed by atoms with van der Waals surface area (Å²) in [5.74, 6) is -2.23. The first-order valence-electron chi connectivity index (χ1n) is 19.4. The van der Waals surface area contributed by atoms with Gasteiger partial charge in [0.25, 0.3) is 0 Å². The van der Waals surface area contributed by atoms with Crippen LogP contribution in [0.3, 0.4) is 0 Å². The fourth-order valence-electron chi connectivity index (χ4n) is 7.26. The second-order valence-electron chi connectivity index (χ2n) is 18.3. The highest BCUT2D eigenvalue weighted by atomic mass is 16.7. The number of hydrogen-bond donors (Lipinski definition) is 0. The first-order chi connectivity index (χ1) is 25.3. The maximum absolute atomic E-state index is 12.9. The summed E-state index contributed by atoms with van der Waals surface area (Å²) in [7, 11) is 0. The van der Waals surface area contributed by atoms with Crippen LogP contribution >= 0.6 is 0 Å². The molecule has 2 saturated heterocycles. The molecular weight excluding hydrogens is 688 g/mol. The summed E-state index contributed by atoms with van der Waals surface area (Å²) in [6.45, 7) is 15.9. The van der Waals surface area contributed by atoms with E-state index in [9.17, 15) is 19.2 Å². The average Bonchev–Trinajstić information content (AvgIpc) is 3.16. The van der Waals surface area contributed by atoms with Crippen LogP contribution in [0.2, 0.25) is 0 Å². The van der Waals surface area contributed by atoms with Crippen molar-refractivity contribution in [2.75, 3.05) is 26.4 Å². The van der Waals surface area contributed by atoms with Gasteiger partial charge in [-0.05, 0) is 110 Å². The number of benzene rings is 2. The predicted octanol–water partition coefficient (Wildman–Crippen LogP) is 8.62. The van der Waals surface area contributed by atoms with Crippen LogP contribution < -0.4 is 0 Å². The number of carbonyl (C=O) groups excluding carboxylic acids is 4. The standard InChI is InChI=1S/C26H30O5.C18H30O5/c1-25(15-13-20(14-16-25)19-9-5-3-6-10-19)23(27)31-24(28)26(2)17-29-22(30-18-26)21-11-7-4-8-12-21;1-15(2)7-9-17(5,10-8-15)13(19)23-14(20)18(6)11-21-16(3,4)22-12-18/h3-12,20,22H,13-18H2,1-2H3;7-12H2,1-6H3. The SMILES string of the molecule is CC1(C(=O)OC(=O)C2(C)COC(c3ccccc3)OC2)CCC(c2ccccc2)CC1.CC1(C)CCC(C)(C(=O)OC(=O)C2(C)COC(C)(C)OC2)CC1. The molecule has 10 nitrogen and oxygen atoms in total. The van der Waals surface area contributed by atoms with E-state index in [0.717, 1.165) is 44.1 Å². The second kappa shape index (κ2) is 16.3. The Morgan fingerprint density at radius 3 is 1.35 bits per heavy atom. The largest absolute Gasteiger partial charge is 0.392 e. The molecule has 0 amide bonds. The minimum Gasteiger partial charge on any atom is -0.392 e. The Labute approximate surface area is 320 Å². The quantitative estimate of drug-likeness (QED) is 0.210. The summed E-state index contributed by atoms with van der Waals surface area (Å²) in [6.07, 6.45) is 6.15. The van der Waals surface area contributed by atoms with Crippen molar-refractivity contribution in [3.63, 3.8) is 0 Å². The molecule has 0 spiro atoms. The first kappa shape index (κ1) is 41.7. The summed E-state index contributed by atoms with van der Waals surface area (Å²) in [5, 5.41) is 0. The highest BCUT2D eigenvalue weighted by Gasteiger charge is 2.48. The fraction of sp³-hybridized carbons (Fsp3) is 0.636. The lowest BCUT2D eigenvalue weighted by Crippen LogP contribution is -2.50. The van der Waals surface area contributed by atoms with Crippen molar-refractivity contribution in [2.45, 2.75) is 125 Å². The Kier molecular flexibility index (Phi) is 12.6. The van der Waals surface area contributed by atoms with Crippen molar-refractivity contribution in [1.29, 1.82) is 0 Å². The molecule has 0 bridgehead atoms. The van der Waals surface area contributed by atoms with Gasteiger partial charge in [0.05, 0.1) is 37.3 Å². The Morgan fingerprint density at radius 2 is 0.889 bits per heavy atom. The molecule has 2 aromatic rings. The zero-order valence-electron chi connectivity index (χ0n) is 33.5. The van der Waals surface area contributed by atoms with Gasteiger partial charge in [-0.1, -0.05) is 74.5 Å². The van der Waals surface area contributed by atoms with E-state index in [4.69, 9.17) is 28.4 Å². The third-order valence-electron chi connectivity index (χ3n) is 12.1. The third-order valence-corrected chi connectivity index (χ3v) is 12.1. The van der Waals surface area contributed by atoms with E-state index in [0.29, 0.717) is 18.8 Å². The lowest BCUT2D eigenvalue weighted by molar-refractivity contribution is -0.281. The van der Waals surface area contributed by atoms with Gasteiger partial charge in [0.1, 0.15) is 10.8 Å². The molecule has 10 heteroatoms. The summed E-state index contributed by atoms with van der Waals surface area (Å²) in [5.41, 5.74) is -0.680. The number of rotatable bonds is 6. The number of hydrogen-bond acceptors (Lipinski definition) is 10. The minimum absolute atomic E-state index is 0.144. The fourth-order valence-corrected chi connectivity index (χ4v) is 7.26. The molecule has 0 radical (unpaired) electrons. The molecule has 2 saturated carbocycles. The van der Waals surface area contributed by atoms with Crippen molar-refractivity contribution in [1.82, 2.24) is 0 Å². The maximum atomic E-state index is 12.9. The third kappa shape index (κ3) is 10.0. The van der Waals surface area contributed by atoms with Gasteiger partial charge in [0.2, 0.25) is 0 Å². The van der Waals surface area contributed by atoms with Crippen LogP contribution in [0.1, 0.15) is 130 Å². The molecule has 296 valence electrons. The molecule has 2 aliphatic carbocycles. The number of esters is 4. The van der Waals surface area contributed by atoms with Crippen LogP contribution in [-0.4, -0.2) is 56.1 Å². The van der Waals surface area contributed by atoms with Crippen LogP contribution in [0.4, 0.5) is 0 Å². The van der Waals surface area contributed by atoms with Crippen LogP contribution in [-0.2, 0) is 47.6 Å². The van der Waals surface area contributed by atoms with Crippen molar-refractivity contribution in [3.8, 4) is 0 Å². The van der Waals surface area contributed by atoms with Gasteiger partial charge in [0.15, 0.2) is 12.1 Å². The van der Waals surface area contributed by atoms with Gasteiger partial charge in [-0.15, -0.1) is 0 Å². The van der Waals surface area contributed by atoms with Crippen molar-refractivity contribution in [3.05, 3.63) is 71.8 Å². The van der Waals surface area contributed by atoms with Gasteiger partial charge in [0, 0.05) is 5.56 Å². The lowest BCUT2D eigenvalue weighted by atomic mass is 9.66. The molecule has 2 aliphatic heterocycles. The monoisotopic (exact) mass is 748 g/mol. The molecule has 0 unspecified atom stereocenters. The first-order valence-corrected chi connectivity index (χ1v) is 19.4. The molecule has 4 aliphatic rings. The molecule has 0 N–H and O–H groups in total. The van der Waals surface area contributed by atoms with E-state index in [1.165, 1.54) is 5.56 Å². The molecular formula is C44H60O10. The van der Waals surface area contributed by atoms with E-state index in [1.54, 1.807) is 27.7 Å². The van der Waals surface area contributed by atoms with E-state index in [1.807, 2.05) is 62.4 Å². The van der Waals surface area contributed by atoms with Crippen molar-refractivity contribution < 1.29 is 47.6 Å². The highest BCUT2D eigenvalue weighted by Crippen LogP contribution is 2.46. The maximum Gasteiger partial charge on any atom is 0.324 e. The van der Waals surface area contributed by atoms with Crippen LogP contribution in [0.15, 0.2) is 60.7 Å². The van der Waals surface area contributed by atoms with Gasteiger partial charge in [-0.2, -0.15) is 0 Å². The van der Waals surface area contributed by atoms with Crippen LogP contribution in [0, 0.1) is 27.1 Å². The zero-order valence-corrected chi connectivity index (χ0v) is 33.5. The summed E-state index contributed by atoms with van der Waals surface area (Å²) in [6, 6.07) is 20.0. The number of carbonyl (C=O) groups is 4. The van der Waals surface area contributed by atoms with Gasteiger partial charge < -0.3 is 28.4 Å². The Morgan fingerprint density at radius 1 is 0.500 bits per heavy atom. The molecule has 2 aromatic carbocycles. The second-order valence-corrected chi connectivity index (χ2v) is 18.3. The van der Waals surface area contributed by atoms with Gasteiger partial charge in [-0.3, -0.25) is 19.2 Å². The number of ether oxygens (including phenoxy) is 6. The average molecular weight is 749 g/mol. The molecule has 6 rings (SSSR count). The van der Waals surface area contributed by atoms with E-state index in [-0.39, 0.29) is 31.8 Å². The highest BCUT2D eigenvalue weighted by molar-refractivity contribution is 5.92. The van der Waals surface area contributed by atoms with Crippen LogP contribution in [0.5, 0.6) is 0 Å². The van der Waals surface area contributed by atoms with Gasteiger partial charge in [-0.25, -0.2) is 0 Å². The summed E-state index contributed by atoms with van der Waals surface area (Å²) >= 11 is 0. The Hall–Kier alpha value is -3.44. The Bertz CT molecular complexity index is 1480. The molecule has 0 aromatic heterocycles. The predicted molar refractivity (Wildman–Crippen MR) is 202 cm³/mol.